The lowest BCUT2D eigenvalue weighted by molar-refractivity contribution is 0.0909. The van der Waals surface area contributed by atoms with Crippen LogP contribution in [-0.4, -0.2) is 33.5 Å². The molecular weight excluding hydrogens is 230 g/mol. The Morgan fingerprint density at radius 3 is 2.83 bits per heavy atom. The lowest BCUT2D eigenvalue weighted by Crippen LogP contribution is -2.46. The summed E-state index contributed by atoms with van der Waals surface area (Å²) >= 11 is 0. The van der Waals surface area contributed by atoms with Crippen LogP contribution in [0.2, 0.25) is 0 Å². The van der Waals surface area contributed by atoms with Crippen molar-refractivity contribution in [1.29, 1.82) is 0 Å². The number of aryl methyl sites for hydroxylation is 1. The predicted octanol–water partition coefficient (Wildman–Crippen LogP) is 0.452. The molecule has 100 valence electrons. The molecule has 2 rings (SSSR count). The van der Waals surface area contributed by atoms with Crippen LogP contribution in [-0.2, 0) is 7.05 Å². The third kappa shape index (κ3) is 3.07. The molecule has 1 amide bonds. The minimum Gasteiger partial charge on any atom is -0.346 e. The SMILES string of the molecule is Cn1ncc(C(=O)NC(CN)C2CCCCC2)n1. The summed E-state index contributed by atoms with van der Waals surface area (Å²) in [7, 11) is 1.69. The monoisotopic (exact) mass is 251 g/mol. The third-order valence-electron chi connectivity index (χ3n) is 3.62. The van der Waals surface area contributed by atoms with E-state index in [2.05, 4.69) is 15.5 Å². The van der Waals surface area contributed by atoms with Crippen LogP contribution < -0.4 is 11.1 Å². The first kappa shape index (κ1) is 13.0. The average Bonchev–Trinajstić information content (AvgIpc) is 2.83. The van der Waals surface area contributed by atoms with Gasteiger partial charge in [-0.15, -0.1) is 5.10 Å². The van der Waals surface area contributed by atoms with Crippen molar-refractivity contribution in [3.05, 3.63) is 11.9 Å². The van der Waals surface area contributed by atoms with Gasteiger partial charge in [0.2, 0.25) is 0 Å². The van der Waals surface area contributed by atoms with Gasteiger partial charge in [-0.25, -0.2) is 0 Å². The predicted molar refractivity (Wildman–Crippen MR) is 67.9 cm³/mol. The number of carbonyl (C=O) groups excluding carboxylic acids is 1. The van der Waals surface area contributed by atoms with Crippen LogP contribution in [0.25, 0.3) is 0 Å². The first-order valence-electron chi connectivity index (χ1n) is 6.58. The first-order valence-corrected chi connectivity index (χ1v) is 6.58. The second-order valence-electron chi connectivity index (χ2n) is 4.93. The summed E-state index contributed by atoms with van der Waals surface area (Å²) < 4.78 is 0. The summed E-state index contributed by atoms with van der Waals surface area (Å²) in [5.74, 6) is 0.327. The van der Waals surface area contributed by atoms with Crippen molar-refractivity contribution >= 4 is 5.91 Å². The summed E-state index contributed by atoms with van der Waals surface area (Å²) in [6.45, 7) is 0.483. The summed E-state index contributed by atoms with van der Waals surface area (Å²) in [4.78, 5) is 13.4. The highest BCUT2D eigenvalue weighted by Crippen LogP contribution is 2.26. The Morgan fingerprint density at radius 2 is 2.28 bits per heavy atom. The second kappa shape index (κ2) is 5.95. The molecule has 1 aliphatic carbocycles. The van der Waals surface area contributed by atoms with Crippen LogP contribution in [0.4, 0.5) is 0 Å². The molecule has 0 saturated heterocycles. The van der Waals surface area contributed by atoms with Gasteiger partial charge in [0.05, 0.1) is 6.20 Å². The van der Waals surface area contributed by atoms with Gasteiger partial charge in [-0.1, -0.05) is 19.3 Å². The maximum atomic E-state index is 12.0. The molecule has 1 aromatic rings. The van der Waals surface area contributed by atoms with Gasteiger partial charge < -0.3 is 11.1 Å². The maximum Gasteiger partial charge on any atom is 0.273 e. The fourth-order valence-corrected chi connectivity index (χ4v) is 2.60. The van der Waals surface area contributed by atoms with E-state index in [4.69, 9.17) is 5.73 Å². The number of aromatic nitrogens is 3. The van der Waals surface area contributed by atoms with Gasteiger partial charge in [0.25, 0.3) is 5.91 Å². The topological polar surface area (TPSA) is 85.8 Å². The number of hydrogen-bond acceptors (Lipinski definition) is 4. The molecule has 6 heteroatoms. The Morgan fingerprint density at radius 1 is 1.56 bits per heavy atom. The third-order valence-corrected chi connectivity index (χ3v) is 3.62. The Labute approximate surface area is 107 Å². The van der Waals surface area contributed by atoms with Crippen LogP contribution in [0.15, 0.2) is 6.20 Å². The quantitative estimate of drug-likeness (QED) is 0.813. The molecule has 1 heterocycles. The zero-order valence-electron chi connectivity index (χ0n) is 10.8. The van der Waals surface area contributed by atoms with Crippen LogP contribution in [0.1, 0.15) is 42.6 Å². The molecular formula is C12H21N5O. The van der Waals surface area contributed by atoms with Crippen LogP contribution in [0, 0.1) is 5.92 Å². The number of carbonyl (C=O) groups is 1. The summed E-state index contributed by atoms with van der Waals surface area (Å²) in [5, 5.41) is 10.9. The smallest absolute Gasteiger partial charge is 0.273 e. The van der Waals surface area contributed by atoms with E-state index in [9.17, 15) is 4.79 Å². The minimum atomic E-state index is -0.177. The Kier molecular flexibility index (Phi) is 4.30. The zero-order valence-corrected chi connectivity index (χ0v) is 10.8. The highest BCUT2D eigenvalue weighted by atomic mass is 16.2. The van der Waals surface area contributed by atoms with E-state index in [0.717, 1.165) is 12.8 Å². The highest BCUT2D eigenvalue weighted by molar-refractivity contribution is 5.92. The molecule has 0 bridgehead atoms. The molecule has 1 aliphatic rings. The van der Waals surface area contributed by atoms with E-state index in [1.54, 1.807) is 7.05 Å². The maximum absolute atomic E-state index is 12.0. The second-order valence-corrected chi connectivity index (χ2v) is 4.93. The molecule has 1 fully saturated rings. The van der Waals surface area contributed by atoms with Crippen LogP contribution >= 0.6 is 0 Å². The molecule has 0 aliphatic heterocycles. The van der Waals surface area contributed by atoms with E-state index in [1.165, 1.54) is 30.3 Å². The summed E-state index contributed by atoms with van der Waals surface area (Å²) in [5.41, 5.74) is 6.13. The summed E-state index contributed by atoms with van der Waals surface area (Å²) in [6, 6.07) is 0.0554. The van der Waals surface area contributed by atoms with Crippen LogP contribution in [0.3, 0.4) is 0 Å². The number of nitrogens with zero attached hydrogens (tertiary/aromatic N) is 3. The van der Waals surface area contributed by atoms with Gasteiger partial charge in [-0.2, -0.15) is 9.90 Å². The van der Waals surface area contributed by atoms with E-state index in [0.29, 0.717) is 18.2 Å². The van der Waals surface area contributed by atoms with Crippen molar-refractivity contribution < 1.29 is 4.79 Å². The van der Waals surface area contributed by atoms with Crippen molar-refractivity contribution in [2.75, 3.05) is 6.54 Å². The molecule has 0 radical (unpaired) electrons. The van der Waals surface area contributed by atoms with Gasteiger partial charge in [0.1, 0.15) is 0 Å². The summed E-state index contributed by atoms with van der Waals surface area (Å²) in [6.07, 6.45) is 7.56. The molecule has 1 aromatic heterocycles. The van der Waals surface area contributed by atoms with E-state index in [-0.39, 0.29) is 11.9 Å². The minimum absolute atomic E-state index is 0.0554. The molecule has 3 N–H and O–H groups in total. The number of nitrogens with two attached hydrogens (primary N) is 1. The molecule has 6 nitrogen and oxygen atoms in total. The molecule has 1 atom stereocenters. The fourth-order valence-electron chi connectivity index (χ4n) is 2.60. The van der Waals surface area contributed by atoms with Gasteiger partial charge in [0, 0.05) is 19.6 Å². The molecule has 1 saturated carbocycles. The lowest BCUT2D eigenvalue weighted by atomic mass is 9.84. The zero-order chi connectivity index (χ0) is 13.0. The molecule has 1 unspecified atom stereocenters. The standard InChI is InChI=1S/C12H21N5O/c1-17-14-8-11(16-17)12(18)15-10(7-13)9-5-3-2-4-6-9/h8-10H,2-7,13H2,1H3,(H,15,18). The first-order chi connectivity index (χ1) is 8.70. The van der Waals surface area contributed by atoms with Gasteiger partial charge in [-0.3, -0.25) is 4.79 Å². The average molecular weight is 251 g/mol. The van der Waals surface area contributed by atoms with Gasteiger partial charge in [-0.05, 0) is 18.8 Å². The molecule has 18 heavy (non-hydrogen) atoms. The molecule has 0 spiro atoms. The largest absolute Gasteiger partial charge is 0.346 e. The number of nitrogens with one attached hydrogen (secondary N) is 1. The number of amides is 1. The van der Waals surface area contributed by atoms with Gasteiger partial charge in [0.15, 0.2) is 5.69 Å². The van der Waals surface area contributed by atoms with E-state index >= 15 is 0 Å². The van der Waals surface area contributed by atoms with E-state index in [1.807, 2.05) is 0 Å². The molecule has 0 aromatic carbocycles. The Bertz CT molecular complexity index is 397. The van der Waals surface area contributed by atoms with Crippen molar-refractivity contribution in [3.63, 3.8) is 0 Å². The van der Waals surface area contributed by atoms with Crippen molar-refractivity contribution in [2.24, 2.45) is 18.7 Å². The Balaban J connectivity index is 1.95. The van der Waals surface area contributed by atoms with E-state index < -0.39 is 0 Å². The van der Waals surface area contributed by atoms with Crippen molar-refractivity contribution in [2.45, 2.75) is 38.1 Å². The van der Waals surface area contributed by atoms with Crippen molar-refractivity contribution in [3.8, 4) is 0 Å². The van der Waals surface area contributed by atoms with Crippen molar-refractivity contribution in [1.82, 2.24) is 20.3 Å². The fraction of sp³-hybridized carbons (Fsp3) is 0.750. The number of hydrogen-bond donors (Lipinski definition) is 2. The normalized spacial score (nSPS) is 18.6. The number of rotatable bonds is 4. The van der Waals surface area contributed by atoms with Crippen LogP contribution in [0.5, 0.6) is 0 Å². The Hall–Kier alpha value is -1.43. The lowest BCUT2D eigenvalue weighted by Gasteiger charge is -2.29. The van der Waals surface area contributed by atoms with Gasteiger partial charge >= 0.3 is 0 Å². The highest BCUT2D eigenvalue weighted by Gasteiger charge is 2.25.